The lowest BCUT2D eigenvalue weighted by molar-refractivity contribution is -0.105. The van der Waals surface area contributed by atoms with Gasteiger partial charge in [0.2, 0.25) is 6.41 Å². The molecule has 4 heteroatoms. The molecule has 1 fully saturated rings. The molecule has 0 radical (unpaired) electrons. The van der Waals surface area contributed by atoms with Gasteiger partial charge >= 0.3 is 0 Å². The van der Waals surface area contributed by atoms with Crippen molar-refractivity contribution in [2.45, 2.75) is 6.10 Å². The molecule has 1 aromatic rings. The summed E-state index contributed by atoms with van der Waals surface area (Å²) in [6.07, 6.45) is 0.803. The third-order valence-corrected chi connectivity index (χ3v) is 2.44. The van der Waals surface area contributed by atoms with E-state index in [0.29, 0.717) is 6.41 Å². The molecule has 0 unspecified atom stereocenters. The molecule has 0 saturated carbocycles. The summed E-state index contributed by atoms with van der Waals surface area (Å²) in [4.78, 5) is 10.2. The molecule has 0 aromatic heterocycles. The van der Waals surface area contributed by atoms with Gasteiger partial charge in [-0.1, -0.05) is 12.1 Å². The first-order chi connectivity index (χ1) is 7.40. The number of carbonyl (C=O) groups excluding carboxylic acids is 1. The molecule has 2 N–H and O–H groups in total. The van der Waals surface area contributed by atoms with Crippen LogP contribution in [-0.4, -0.2) is 26.1 Å². The van der Waals surface area contributed by atoms with Crippen molar-refractivity contribution in [1.82, 2.24) is 5.32 Å². The average Bonchev–Trinajstić information content (AvgIpc) is 2.32. The number of rotatable bonds is 3. The smallest absolute Gasteiger partial charge is 0.211 e. The summed E-state index contributed by atoms with van der Waals surface area (Å²) in [5.74, 6) is 0. The largest absolute Gasteiger partial charge is 0.371 e. The van der Waals surface area contributed by atoms with Crippen LogP contribution in [-0.2, 0) is 9.53 Å². The van der Waals surface area contributed by atoms with Crippen LogP contribution in [0.1, 0.15) is 11.7 Å². The van der Waals surface area contributed by atoms with Crippen molar-refractivity contribution >= 4 is 12.1 Å². The Balaban J connectivity index is 2.04. The van der Waals surface area contributed by atoms with Crippen LogP contribution >= 0.6 is 0 Å². The van der Waals surface area contributed by atoms with E-state index in [-0.39, 0.29) is 6.10 Å². The van der Waals surface area contributed by atoms with Crippen molar-refractivity contribution < 1.29 is 9.53 Å². The molecule has 0 spiro atoms. The maximum atomic E-state index is 10.2. The van der Waals surface area contributed by atoms with Crippen LogP contribution in [0.4, 0.5) is 5.69 Å². The minimum absolute atomic E-state index is 0.129. The molecule has 15 heavy (non-hydrogen) atoms. The second-order valence-corrected chi connectivity index (χ2v) is 3.45. The first kappa shape index (κ1) is 10.1. The van der Waals surface area contributed by atoms with Gasteiger partial charge in [-0.15, -0.1) is 0 Å². The SMILES string of the molecule is O=CNc1ccc([C@H]2CNCCO2)cc1. The van der Waals surface area contributed by atoms with Crippen molar-refractivity contribution in [1.29, 1.82) is 0 Å². The second-order valence-electron chi connectivity index (χ2n) is 3.45. The summed E-state index contributed by atoms with van der Waals surface area (Å²) >= 11 is 0. The van der Waals surface area contributed by atoms with Crippen molar-refractivity contribution in [3.63, 3.8) is 0 Å². The highest BCUT2D eigenvalue weighted by atomic mass is 16.5. The molecule has 1 aliphatic heterocycles. The van der Waals surface area contributed by atoms with Gasteiger partial charge in [0.1, 0.15) is 0 Å². The first-order valence-corrected chi connectivity index (χ1v) is 5.02. The Morgan fingerprint density at radius 3 is 2.80 bits per heavy atom. The zero-order valence-electron chi connectivity index (χ0n) is 8.40. The monoisotopic (exact) mass is 206 g/mol. The van der Waals surface area contributed by atoms with Gasteiger partial charge in [-0.05, 0) is 17.7 Å². The minimum Gasteiger partial charge on any atom is -0.371 e. The molecule has 0 bridgehead atoms. The molecular formula is C11H14N2O2. The second kappa shape index (κ2) is 4.91. The van der Waals surface area contributed by atoms with Crippen LogP contribution in [0.25, 0.3) is 0 Å². The molecule has 1 amide bonds. The molecule has 4 nitrogen and oxygen atoms in total. The van der Waals surface area contributed by atoms with Crippen molar-refractivity contribution in [3.05, 3.63) is 29.8 Å². The number of morpholine rings is 1. The molecule has 2 rings (SSSR count). The Morgan fingerprint density at radius 2 is 2.20 bits per heavy atom. The van der Waals surface area contributed by atoms with Crippen LogP contribution in [0, 0.1) is 0 Å². The van der Waals surface area contributed by atoms with E-state index in [9.17, 15) is 4.79 Å². The molecule has 0 aliphatic carbocycles. The van der Waals surface area contributed by atoms with Crippen LogP contribution in [0.3, 0.4) is 0 Å². The van der Waals surface area contributed by atoms with Crippen molar-refractivity contribution in [2.24, 2.45) is 0 Å². The van der Waals surface area contributed by atoms with E-state index in [1.807, 2.05) is 24.3 Å². The van der Waals surface area contributed by atoms with Gasteiger partial charge in [0.15, 0.2) is 0 Å². The highest BCUT2D eigenvalue weighted by Gasteiger charge is 2.14. The quantitative estimate of drug-likeness (QED) is 0.723. The number of anilines is 1. The Bertz CT molecular complexity index is 318. The van der Waals surface area contributed by atoms with Gasteiger partial charge in [-0.25, -0.2) is 0 Å². The fourth-order valence-electron chi connectivity index (χ4n) is 1.64. The fourth-order valence-corrected chi connectivity index (χ4v) is 1.64. The number of amides is 1. The van der Waals surface area contributed by atoms with E-state index in [2.05, 4.69) is 10.6 Å². The molecular weight excluding hydrogens is 192 g/mol. The number of hydrogen-bond acceptors (Lipinski definition) is 3. The predicted octanol–water partition coefficient (Wildman–Crippen LogP) is 0.916. The minimum atomic E-state index is 0.129. The first-order valence-electron chi connectivity index (χ1n) is 5.02. The van der Waals surface area contributed by atoms with Gasteiger partial charge in [0, 0.05) is 18.8 Å². The topological polar surface area (TPSA) is 50.4 Å². The normalized spacial score (nSPS) is 20.9. The zero-order valence-corrected chi connectivity index (χ0v) is 8.40. The maximum Gasteiger partial charge on any atom is 0.211 e. The lowest BCUT2D eigenvalue weighted by Crippen LogP contribution is -2.33. The highest BCUT2D eigenvalue weighted by molar-refractivity contribution is 5.71. The number of hydrogen-bond donors (Lipinski definition) is 2. The third kappa shape index (κ3) is 2.55. The van der Waals surface area contributed by atoms with Crippen LogP contribution in [0.15, 0.2) is 24.3 Å². The number of carbonyl (C=O) groups is 1. The molecule has 1 aliphatic rings. The summed E-state index contributed by atoms with van der Waals surface area (Å²) < 4.78 is 5.61. The van der Waals surface area contributed by atoms with E-state index in [0.717, 1.165) is 30.9 Å². The number of ether oxygens (including phenoxy) is 1. The van der Waals surface area contributed by atoms with E-state index >= 15 is 0 Å². The van der Waals surface area contributed by atoms with Crippen molar-refractivity contribution in [3.8, 4) is 0 Å². The third-order valence-electron chi connectivity index (χ3n) is 2.44. The van der Waals surface area contributed by atoms with Gasteiger partial charge in [-0.2, -0.15) is 0 Å². The van der Waals surface area contributed by atoms with Crippen molar-refractivity contribution in [2.75, 3.05) is 25.0 Å². The number of nitrogens with one attached hydrogen (secondary N) is 2. The van der Waals surface area contributed by atoms with E-state index in [1.165, 1.54) is 0 Å². The molecule has 1 heterocycles. The zero-order chi connectivity index (χ0) is 10.5. The van der Waals surface area contributed by atoms with Crippen LogP contribution in [0.2, 0.25) is 0 Å². The summed E-state index contributed by atoms with van der Waals surface area (Å²) in [7, 11) is 0. The summed E-state index contributed by atoms with van der Waals surface area (Å²) in [6, 6.07) is 7.70. The van der Waals surface area contributed by atoms with E-state index in [4.69, 9.17) is 4.74 Å². The Hall–Kier alpha value is -1.39. The summed E-state index contributed by atoms with van der Waals surface area (Å²) in [5, 5.41) is 5.88. The fraction of sp³-hybridized carbons (Fsp3) is 0.364. The van der Waals surface area contributed by atoms with E-state index < -0.39 is 0 Å². The lowest BCUT2D eigenvalue weighted by atomic mass is 10.1. The molecule has 80 valence electrons. The Morgan fingerprint density at radius 1 is 1.40 bits per heavy atom. The average molecular weight is 206 g/mol. The summed E-state index contributed by atoms with van der Waals surface area (Å²) in [6.45, 7) is 2.51. The molecule has 1 saturated heterocycles. The molecule has 1 atom stereocenters. The lowest BCUT2D eigenvalue weighted by Gasteiger charge is -2.24. The summed E-state index contributed by atoms with van der Waals surface area (Å²) in [5.41, 5.74) is 1.94. The van der Waals surface area contributed by atoms with Crippen LogP contribution in [0.5, 0.6) is 0 Å². The highest BCUT2D eigenvalue weighted by Crippen LogP contribution is 2.20. The Kier molecular flexibility index (Phi) is 3.32. The Labute approximate surface area is 88.6 Å². The standard InChI is InChI=1S/C11H14N2O2/c14-8-13-10-3-1-9(2-4-10)11-7-12-5-6-15-11/h1-4,8,11-12H,5-7H2,(H,13,14)/t11-/m1/s1. The predicted molar refractivity (Wildman–Crippen MR) is 57.7 cm³/mol. The maximum absolute atomic E-state index is 10.2. The van der Waals surface area contributed by atoms with E-state index in [1.54, 1.807) is 0 Å². The van der Waals surface area contributed by atoms with Gasteiger partial charge in [0.05, 0.1) is 12.7 Å². The molecule has 1 aromatic carbocycles. The van der Waals surface area contributed by atoms with Crippen LogP contribution < -0.4 is 10.6 Å². The van der Waals surface area contributed by atoms with Gasteiger partial charge < -0.3 is 15.4 Å². The number of benzene rings is 1. The van der Waals surface area contributed by atoms with Gasteiger partial charge in [0.25, 0.3) is 0 Å². The van der Waals surface area contributed by atoms with Gasteiger partial charge in [-0.3, -0.25) is 4.79 Å².